The maximum atomic E-state index is 13.6. The molecule has 0 unspecified atom stereocenters. The number of ether oxygens (including phenoxy) is 1. The number of nitrogens with zero attached hydrogens (tertiary/aromatic N) is 1. The maximum Gasteiger partial charge on any atom is 0.294 e. The second-order valence-corrected chi connectivity index (χ2v) is 4.38. The summed E-state index contributed by atoms with van der Waals surface area (Å²) >= 11 is 0. The number of rotatable bonds is 4. The topological polar surface area (TPSA) is 62.4 Å². The van der Waals surface area contributed by atoms with Gasteiger partial charge in [-0.15, -0.1) is 0 Å². The number of aromatic amines is 1. The zero-order valence-corrected chi connectivity index (χ0v) is 11.5. The number of H-pyrrole nitrogens is 1. The molecule has 6 heteroatoms. The minimum absolute atomic E-state index is 0.0300. The number of aromatic nitrogens is 1. The average Bonchev–Trinajstić information content (AvgIpc) is 2.86. The van der Waals surface area contributed by atoms with E-state index >= 15 is 0 Å². The third-order valence-electron chi connectivity index (χ3n) is 3.21. The van der Waals surface area contributed by atoms with Crippen LogP contribution in [0.15, 0.2) is 18.3 Å². The molecular formula is C14H15FN2O3. The van der Waals surface area contributed by atoms with Gasteiger partial charge in [0, 0.05) is 36.8 Å². The van der Waals surface area contributed by atoms with Crippen molar-refractivity contribution in [3.8, 4) is 5.75 Å². The molecule has 0 aliphatic rings. The van der Waals surface area contributed by atoms with Crippen molar-refractivity contribution in [3.05, 3.63) is 29.7 Å². The molecule has 0 aliphatic heterocycles. The highest BCUT2D eigenvalue weighted by Gasteiger charge is 2.23. The maximum absolute atomic E-state index is 13.6. The second kappa shape index (κ2) is 5.32. The highest BCUT2D eigenvalue weighted by atomic mass is 19.1. The molecule has 5 nitrogen and oxygen atoms in total. The van der Waals surface area contributed by atoms with E-state index in [9.17, 15) is 14.0 Å². The van der Waals surface area contributed by atoms with E-state index in [0.29, 0.717) is 17.4 Å². The first-order chi connectivity index (χ1) is 9.49. The average molecular weight is 278 g/mol. The van der Waals surface area contributed by atoms with Crippen molar-refractivity contribution in [3.63, 3.8) is 0 Å². The van der Waals surface area contributed by atoms with Crippen molar-refractivity contribution in [1.29, 1.82) is 0 Å². The van der Waals surface area contributed by atoms with Gasteiger partial charge < -0.3 is 14.6 Å². The summed E-state index contributed by atoms with van der Waals surface area (Å²) < 4.78 is 18.5. The molecule has 20 heavy (non-hydrogen) atoms. The first kappa shape index (κ1) is 14.0. The monoisotopic (exact) mass is 278 g/mol. The number of ketones is 1. The van der Waals surface area contributed by atoms with Gasteiger partial charge in [-0.25, -0.2) is 4.39 Å². The molecular weight excluding hydrogens is 263 g/mol. The summed E-state index contributed by atoms with van der Waals surface area (Å²) in [4.78, 5) is 28.2. The highest BCUT2D eigenvalue weighted by Crippen LogP contribution is 2.27. The Hall–Kier alpha value is -2.37. The largest absolute Gasteiger partial charge is 0.494 e. The van der Waals surface area contributed by atoms with E-state index < -0.39 is 17.5 Å². The number of nitrogens with one attached hydrogen (secondary N) is 1. The van der Waals surface area contributed by atoms with E-state index in [1.54, 1.807) is 14.0 Å². The third-order valence-corrected chi connectivity index (χ3v) is 3.21. The normalized spacial score (nSPS) is 10.6. The van der Waals surface area contributed by atoms with Gasteiger partial charge in [-0.1, -0.05) is 0 Å². The number of hydrogen-bond acceptors (Lipinski definition) is 3. The molecule has 0 spiro atoms. The van der Waals surface area contributed by atoms with Gasteiger partial charge in [0.15, 0.2) is 11.6 Å². The Morgan fingerprint density at radius 3 is 2.70 bits per heavy atom. The van der Waals surface area contributed by atoms with E-state index in [4.69, 9.17) is 4.74 Å². The lowest BCUT2D eigenvalue weighted by Gasteiger charge is -2.12. The summed E-state index contributed by atoms with van der Waals surface area (Å²) in [5, 5.41) is 0.464. The van der Waals surface area contributed by atoms with Crippen molar-refractivity contribution >= 4 is 22.6 Å². The lowest BCUT2D eigenvalue weighted by Crippen LogP contribution is -2.32. The summed E-state index contributed by atoms with van der Waals surface area (Å²) in [6.45, 7) is 2.21. The number of likely N-dealkylation sites (N-methyl/N-ethyl adjacent to an activating group) is 1. The molecule has 0 bridgehead atoms. The Bertz CT molecular complexity index is 678. The summed E-state index contributed by atoms with van der Waals surface area (Å²) in [5.41, 5.74) is 0.655. The van der Waals surface area contributed by atoms with Crippen LogP contribution < -0.4 is 4.74 Å². The van der Waals surface area contributed by atoms with Gasteiger partial charge >= 0.3 is 0 Å². The Labute approximate surface area is 115 Å². The van der Waals surface area contributed by atoms with Crippen molar-refractivity contribution in [2.75, 3.05) is 20.7 Å². The molecule has 1 amide bonds. The van der Waals surface area contributed by atoms with Crippen LogP contribution in [0.5, 0.6) is 5.75 Å². The molecule has 0 atom stereocenters. The Morgan fingerprint density at radius 2 is 2.10 bits per heavy atom. The van der Waals surface area contributed by atoms with E-state index in [1.807, 2.05) is 0 Å². The van der Waals surface area contributed by atoms with Crippen LogP contribution in [0.1, 0.15) is 17.3 Å². The first-order valence-corrected chi connectivity index (χ1v) is 6.14. The van der Waals surface area contributed by atoms with Crippen LogP contribution in [-0.4, -0.2) is 42.3 Å². The fourth-order valence-corrected chi connectivity index (χ4v) is 1.90. The van der Waals surface area contributed by atoms with Crippen LogP contribution in [0.3, 0.4) is 0 Å². The number of hydrogen-bond donors (Lipinski definition) is 1. The van der Waals surface area contributed by atoms with Crippen LogP contribution in [-0.2, 0) is 4.79 Å². The molecule has 2 aromatic rings. The van der Waals surface area contributed by atoms with Crippen LogP contribution in [0.2, 0.25) is 0 Å². The van der Waals surface area contributed by atoms with E-state index in [1.165, 1.54) is 30.3 Å². The molecule has 0 aliphatic carbocycles. The second-order valence-electron chi connectivity index (χ2n) is 4.38. The van der Waals surface area contributed by atoms with Gasteiger partial charge in [0.05, 0.1) is 12.7 Å². The number of carbonyl (C=O) groups excluding carboxylic acids is 2. The van der Waals surface area contributed by atoms with Crippen molar-refractivity contribution in [2.24, 2.45) is 0 Å². The molecule has 106 valence electrons. The van der Waals surface area contributed by atoms with Crippen LogP contribution in [0, 0.1) is 5.82 Å². The van der Waals surface area contributed by atoms with Crippen molar-refractivity contribution in [2.45, 2.75) is 6.92 Å². The number of fused-ring (bicyclic) bond motifs is 1. The lowest BCUT2D eigenvalue weighted by molar-refractivity contribution is -0.125. The zero-order valence-electron chi connectivity index (χ0n) is 11.5. The minimum atomic E-state index is -0.630. The van der Waals surface area contributed by atoms with Crippen molar-refractivity contribution in [1.82, 2.24) is 9.88 Å². The van der Waals surface area contributed by atoms with Gasteiger partial charge in [-0.05, 0) is 13.0 Å². The fraction of sp³-hybridized carbons (Fsp3) is 0.286. The molecule has 2 rings (SSSR count). The quantitative estimate of drug-likeness (QED) is 0.687. The zero-order chi connectivity index (χ0) is 14.9. The third kappa shape index (κ3) is 2.24. The standard InChI is InChI=1S/C14H15FN2O3/c1-4-17(2)14(19)13(18)9-7-16-11-6-10(15)12(20-3)5-8(9)11/h5-7,16H,4H2,1-3H3. The Balaban J connectivity index is 2.50. The van der Waals surface area contributed by atoms with Gasteiger partial charge in [0.1, 0.15) is 0 Å². The number of halogens is 1. The first-order valence-electron chi connectivity index (χ1n) is 6.14. The van der Waals surface area contributed by atoms with E-state index in [-0.39, 0.29) is 11.3 Å². The number of benzene rings is 1. The number of Topliss-reactive ketones (excluding diaryl/α,β-unsaturated/α-hetero) is 1. The Kier molecular flexibility index (Phi) is 3.74. The number of amides is 1. The molecule has 0 fully saturated rings. The van der Waals surface area contributed by atoms with Crippen molar-refractivity contribution < 1.29 is 18.7 Å². The summed E-state index contributed by atoms with van der Waals surface area (Å²) in [6, 6.07) is 2.65. The van der Waals surface area contributed by atoms with Gasteiger partial charge in [-0.3, -0.25) is 9.59 Å². The molecule has 1 N–H and O–H groups in total. The molecule has 1 aromatic heterocycles. The van der Waals surface area contributed by atoms with E-state index in [0.717, 1.165) is 0 Å². The smallest absolute Gasteiger partial charge is 0.294 e. The van der Waals surface area contributed by atoms with Crippen LogP contribution in [0.25, 0.3) is 10.9 Å². The Morgan fingerprint density at radius 1 is 1.40 bits per heavy atom. The summed E-state index contributed by atoms with van der Waals surface area (Å²) in [7, 11) is 2.89. The fourth-order valence-electron chi connectivity index (χ4n) is 1.90. The van der Waals surface area contributed by atoms with Crippen LogP contribution in [0.4, 0.5) is 4.39 Å². The van der Waals surface area contributed by atoms with E-state index in [2.05, 4.69) is 4.98 Å². The summed E-state index contributed by atoms with van der Waals surface area (Å²) in [6.07, 6.45) is 1.41. The number of methoxy groups -OCH3 is 1. The molecule has 0 saturated heterocycles. The van der Waals surface area contributed by atoms with Gasteiger partial charge in [0.25, 0.3) is 11.7 Å². The molecule has 1 aromatic carbocycles. The predicted molar refractivity (Wildman–Crippen MR) is 72.5 cm³/mol. The van der Waals surface area contributed by atoms with Crippen LogP contribution >= 0.6 is 0 Å². The molecule has 0 saturated carbocycles. The SMILES string of the molecule is CCN(C)C(=O)C(=O)c1c[nH]c2cc(F)c(OC)cc12. The minimum Gasteiger partial charge on any atom is -0.494 e. The lowest BCUT2D eigenvalue weighted by atomic mass is 10.1. The van der Waals surface area contributed by atoms with Gasteiger partial charge in [0.2, 0.25) is 0 Å². The summed E-state index contributed by atoms with van der Waals surface area (Å²) in [5.74, 6) is -1.73. The molecule has 1 heterocycles. The highest BCUT2D eigenvalue weighted by molar-refractivity contribution is 6.44. The predicted octanol–water partition coefficient (Wildman–Crippen LogP) is 1.98. The number of carbonyl (C=O) groups is 2. The van der Waals surface area contributed by atoms with Gasteiger partial charge in [-0.2, -0.15) is 0 Å². The molecule has 0 radical (unpaired) electrons.